The average Bonchev–Trinajstić information content (AvgIpc) is 3.05. The second kappa shape index (κ2) is 9.33. The van der Waals surface area contributed by atoms with Crippen LogP contribution in [-0.4, -0.2) is 40.7 Å². The third-order valence-electron chi connectivity index (χ3n) is 4.51. The molecule has 2 heterocycles. The lowest BCUT2D eigenvalue weighted by Gasteiger charge is -2.19. The minimum atomic E-state index is -3.46. The van der Waals surface area contributed by atoms with Gasteiger partial charge in [0.25, 0.3) is 0 Å². The zero-order chi connectivity index (χ0) is 20.9. The Morgan fingerprint density at radius 2 is 1.72 bits per heavy atom. The van der Waals surface area contributed by atoms with E-state index >= 15 is 0 Å². The molecular formula is C22H28N4O2S. The topological polar surface area (TPSA) is 68.1 Å². The van der Waals surface area contributed by atoms with Crippen LogP contribution in [0.15, 0.2) is 66.1 Å². The Kier molecular flexibility index (Phi) is 6.82. The van der Waals surface area contributed by atoms with Crippen molar-refractivity contribution in [3.63, 3.8) is 0 Å². The summed E-state index contributed by atoms with van der Waals surface area (Å²) >= 11 is 0. The lowest BCUT2D eigenvalue weighted by molar-refractivity contribution is 0.305. The van der Waals surface area contributed by atoms with Gasteiger partial charge < -0.3 is 4.57 Å². The van der Waals surface area contributed by atoms with E-state index in [1.165, 1.54) is 0 Å². The Labute approximate surface area is 173 Å². The molecule has 3 rings (SSSR count). The summed E-state index contributed by atoms with van der Waals surface area (Å²) in [7, 11) is -1.47. The Bertz CT molecular complexity index is 1020. The smallest absolute Gasteiger partial charge is 0.228 e. The number of aromatic nitrogens is 3. The van der Waals surface area contributed by atoms with Crippen LogP contribution in [0.25, 0.3) is 0 Å². The lowest BCUT2D eigenvalue weighted by Crippen LogP contribution is -2.23. The van der Waals surface area contributed by atoms with Gasteiger partial charge in [-0.15, -0.1) is 0 Å². The van der Waals surface area contributed by atoms with E-state index in [0.29, 0.717) is 19.6 Å². The second-order valence-corrected chi connectivity index (χ2v) is 9.70. The molecule has 0 fully saturated rings. The first-order valence-electron chi connectivity index (χ1n) is 9.74. The van der Waals surface area contributed by atoms with Crippen molar-refractivity contribution in [1.82, 2.24) is 19.4 Å². The van der Waals surface area contributed by atoms with Crippen molar-refractivity contribution in [1.29, 1.82) is 0 Å². The molecule has 2 aromatic heterocycles. The van der Waals surface area contributed by atoms with Gasteiger partial charge in [0.05, 0.1) is 29.9 Å². The van der Waals surface area contributed by atoms with Crippen LogP contribution in [-0.2, 0) is 29.5 Å². The van der Waals surface area contributed by atoms with E-state index in [9.17, 15) is 8.42 Å². The second-order valence-electron chi connectivity index (χ2n) is 7.77. The van der Waals surface area contributed by atoms with Gasteiger partial charge in [0.1, 0.15) is 0 Å². The van der Waals surface area contributed by atoms with Crippen LogP contribution in [0.3, 0.4) is 0 Å². The number of pyridine rings is 1. The van der Waals surface area contributed by atoms with E-state index in [2.05, 4.69) is 14.9 Å². The minimum absolute atomic E-state index is 0.0390. The fourth-order valence-corrected chi connectivity index (χ4v) is 5.07. The van der Waals surface area contributed by atoms with E-state index < -0.39 is 9.84 Å². The normalized spacial score (nSPS) is 12.0. The maximum absolute atomic E-state index is 12.9. The van der Waals surface area contributed by atoms with Crippen molar-refractivity contribution in [3.05, 3.63) is 77.9 Å². The Balaban J connectivity index is 1.89. The zero-order valence-corrected chi connectivity index (χ0v) is 18.0. The van der Waals surface area contributed by atoms with Gasteiger partial charge >= 0.3 is 0 Å². The minimum Gasteiger partial charge on any atom is -0.313 e. The quantitative estimate of drug-likeness (QED) is 0.539. The molecule has 6 nitrogen and oxygen atoms in total. The van der Waals surface area contributed by atoms with E-state index in [0.717, 1.165) is 17.0 Å². The summed E-state index contributed by atoms with van der Waals surface area (Å²) in [6.45, 7) is 5.53. The lowest BCUT2D eigenvalue weighted by atomic mass is 10.2. The molecule has 0 unspecified atom stereocenters. The van der Waals surface area contributed by atoms with Gasteiger partial charge in [-0.05, 0) is 30.7 Å². The SMILES string of the molecule is CC(C)CS(=O)(=O)c1ncc(CN(C)Cc2ccccn2)n1Cc1ccccc1. The van der Waals surface area contributed by atoms with Gasteiger partial charge in [-0.2, -0.15) is 0 Å². The Hall–Kier alpha value is -2.51. The number of imidazole rings is 1. The van der Waals surface area contributed by atoms with Crippen LogP contribution < -0.4 is 0 Å². The monoisotopic (exact) mass is 412 g/mol. The molecule has 0 saturated heterocycles. The van der Waals surface area contributed by atoms with Gasteiger partial charge in [-0.1, -0.05) is 50.2 Å². The third-order valence-corrected chi connectivity index (χ3v) is 6.49. The highest BCUT2D eigenvalue weighted by Gasteiger charge is 2.25. The first-order valence-corrected chi connectivity index (χ1v) is 11.4. The van der Waals surface area contributed by atoms with Crippen molar-refractivity contribution in [3.8, 4) is 0 Å². The maximum Gasteiger partial charge on any atom is 0.228 e. The molecule has 29 heavy (non-hydrogen) atoms. The highest BCUT2D eigenvalue weighted by atomic mass is 32.2. The molecule has 0 aliphatic heterocycles. The van der Waals surface area contributed by atoms with Crippen molar-refractivity contribution >= 4 is 9.84 Å². The molecule has 0 atom stereocenters. The number of rotatable bonds is 9. The predicted octanol–water partition coefficient (Wildman–Crippen LogP) is 3.39. The number of hydrogen-bond acceptors (Lipinski definition) is 5. The van der Waals surface area contributed by atoms with Crippen LogP contribution in [0.2, 0.25) is 0 Å². The number of hydrogen-bond donors (Lipinski definition) is 0. The number of benzene rings is 1. The van der Waals surface area contributed by atoms with E-state index in [1.807, 2.05) is 74.0 Å². The van der Waals surface area contributed by atoms with E-state index in [-0.39, 0.29) is 16.8 Å². The Morgan fingerprint density at radius 3 is 2.38 bits per heavy atom. The van der Waals surface area contributed by atoms with Gasteiger partial charge in [0, 0.05) is 19.3 Å². The van der Waals surface area contributed by atoms with Crippen LogP contribution in [0.5, 0.6) is 0 Å². The number of sulfone groups is 1. The molecule has 0 saturated carbocycles. The first kappa shape index (κ1) is 21.2. The van der Waals surface area contributed by atoms with Crippen molar-refractivity contribution < 1.29 is 8.42 Å². The van der Waals surface area contributed by atoms with Crippen LogP contribution in [0.4, 0.5) is 0 Å². The summed E-state index contributed by atoms with van der Waals surface area (Å²) in [5, 5.41) is 0.149. The molecule has 0 bridgehead atoms. The average molecular weight is 413 g/mol. The highest BCUT2D eigenvalue weighted by Crippen LogP contribution is 2.19. The fraction of sp³-hybridized carbons (Fsp3) is 0.364. The summed E-state index contributed by atoms with van der Waals surface area (Å²) in [6, 6.07) is 15.7. The summed E-state index contributed by atoms with van der Waals surface area (Å²) in [5.41, 5.74) is 2.88. The van der Waals surface area contributed by atoms with Crippen LogP contribution in [0, 0.1) is 5.92 Å². The number of nitrogens with zero attached hydrogens (tertiary/aromatic N) is 4. The van der Waals surface area contributed by atoms with Crippen LogP contribution in [0.1, 0.15) is 30.8 Å². The van der Waals surface area contributed by atoms with Crippen LogP contribution >= 0.6 is 0 Å². The molecule has 0 amide bonds. The van der Waals surface area contributed by atoms with Crippen molar-refractivity contribution in [2.24, 2.45) is 5.92 Å². The van der Waals surface area contributed by atoms with Crippen molar-refractivity contribution in [2.75, 3.05) is 12.8 Å². The van der Waals surface area contributed by atoms with Crippen molar-refractivity contribution in [2.45, 2.75) is 38.6 Å². The van der Waals surface area contributed by atoms with Gasteiger partial charge in [0.15, 0.2) is 0 Å². The summed E-state index contributed by atoms with van der Waals surface area (Å²) in [4.78, 5) is 10.8. The molecular weight excluding hydrogens is 384 g/mol. The summed E-state index contributed by atoms with van der Waals surface area (Å²) in [6.07, 6.45) is 3.46. The first-order chi connectivity index (χ1) is 13.8. The summed E-state index contributed by atoms with van der Waals surface area (Å²) < 4.78 is 27.7. The molecule has 0 spiro atoms. The molecule has 0 aliphatic carbocycles. The molecule has 0 N–H and O–H groups in total. The molecule has 3 aromatic rings. The zero-order valence-electron chi connectivity index (χ0n) is 17.2. The molecule has 0 aliphatic rings. The molecule has 7 heteroatoms. The van der Waals surface area contributed by atoms with Gasteiger partial charge in [0.2, 0.25) is 15.0 Å². The molecule has 1 aromatic carbocycles. The van der Waals surface area contributed by atoms with Gasteiger partial charge in [-0.25, -0.2) is 13.4 Å². The third kappa shape index (κ3) is 5.74. The van der Waals surface area contributed by atoms with Gasteiger partial charge in [-0.3, -0.25) is 9.88 Å². The summed E-state index contributed by atoms with van der Waals surface area (Å²) in [5.74, 6) is 0.124. The fourth-order valence-electron chi connectivity index (χ4n) is 3.32. The standard InChI is InChI=1S/C22H28N4O2S/c1-18(2)17-29(27,28)22-24-13-21(26(22)14-19-9-5-4-6-10-19)16-25(3)15-20-11-7-8-12-23-20/h4-13,18H,14-17H2,1-3H3. The van der Waals surface area contributed by atoms with E-state index in [1.54, 1.807) is 12.4 Å². The maximum atomic E-state index is 12.9. The molecule has 154 valence electrons. The highest BCUT2D eigenvalue weighted by molar-refractivity contribution is 7.91. The van der Waals surface area contributed by atoms with E-state index in [4.69, 9.17) is 0 Å². The molecule has 0 radical (unpaired) electrons. The predicted molar refractivity (Wildman–Crippen MR) is 114 cm³/mol. The Morgan fingerprint density at radius 1 is 1.00 bits per heavy atom. The largest absolute Gasteiger partial charge is 0.313 e.